The number of carbonyl (C=O) groups is 1. The van der Waals surface area contributed by atoms with Gasteiger partial charge in [0, 0.05) is 11.4 Å². The van der Waals surface area contributed by atoms with Crippen LogP contribution in [0.2, 0.25) is 0 Å². The Balaban J connectivity index is 1.47. The minimum Gasteiger partial charge on any atom is -0.495 e. The summed E-state index contributed by atoms with van der Waals surface area (Å²) in [4.78, 5) is 16.1. The van der Waals surface area contributed by atoms with Crippen LogP contribution in [0.3, 0.4) is 0 Å². The molecule has 1 aromatic carbocycles. The van der Waals surface area contributed by atoms with Crippen molar-refractivity contribution in [1.82, 2.24) is 19.7 Å². The van der Waals surface area contributed by atoms with Gasteiger partial charge < -0.3 is 9.64 Å². The van der Waals surface area contributed by atoms with E-state index in [9.17, 15) is 4.79 Å². The quantitative estimate of drug-likeness (QED) is 0.589. The Labute approximate surface area is 166 Å². The van der Waals surface area contributed by atoms with Crippen LogP contribution in [0, 0.1) is 0 Å². The van der Waals surface area contributed by atoms with Crippen molar-refractivity contribution >= 4 is 29.0 Å². The summed E-state index contributed by atoms with van der Waals surface area (Å²) in [5, 5.41) is 11.0. The number of hydrogen-bond donors (Lipinski definition) is 0. The van der Waals surface area contributed by atoms with Crippen molar-refractivity contribution in [2.75, 3.05) is 19.4 Å². The summed E-state index contributed by atoms with van der Waals surface area (Å²) in [6.07, 6.45) is 3.74. The first-order valence-corrected chi connectivity index (χ1v) is 10.6. The second-order valence-corrected chi connectivity index (χ2v) is 8.13. The molecule has 0 spiro atoms. The van der Waals surface area contributed by atoms with E-state index < -0.39 is 0 Å². The van der Waals surface area contributed by atoms with Crippen molar-refractivity contribution in [3.63, 3.8) is 0 Å². The van der Waals surface area contributed by atoms with E-state index in [0.717, 1.165) is 30.8 Å². The van der Waals surface area contributed by atoms with Gasteiger partial charge in [0.15, 0.2) is 5.16 Å². The van der Waals surface area contributed by atoms with E-state index >= 15 is 0 Å². The third-order valence-corrected chi connectivity index (χ3v) is 6.53. The van der Waals surface area contributed by atoms with Crippen molar-refractivity contribution in [3.05, 3.63) is 53.0 Å². The van der Waals surface area contributed by atoms with Crippen molar-refractivity contribution < 1.29 is 9.53 Å². The van der Waals surface area contributed by atoms with Gasteiger partial charge in [-0.1, -0.05) is 30.0 Å². The van der Waals surface area contributed by atoms with Crippen molar-refractivity contribution in [3.8, 4) is 11.4 Å². The molecule has 1 amide bonds. The summed E-state index contributed by atoms with van der Waals surface area (Å²) in [6.45, 7) is 0.821. The maximum Gasteiger partial charge on any atom is 0.233 e. The number of thiophene rings is 1. The SMILES string of the molecule is COc1ccccc1-n1cnnc1SCC(=O)N1CCCC1c1cccs1. The van der Waals surface area contributed by atoms with Gasteiger partial charge in [-0.25, -0.2) is 0 Å². The van der Waals surface area contributed by atoms with E-state index in [1.54, 1.807) is 24.8 Å². The number of benzene rings is 1. The lowest BCUT2D eigenvalue weighted by Crippen LogP contribution is -2.31. The number of hydrogen-bond acceptors (Lipinski definition) is 6. The van der Waals surface area contributed by atoms with Crippen LogP contribution < -0.4 is 4.74 Å². The number of carbonyl (C=O) groups excluding carboxylic acids is 1. The summed E-state index contributed by atoms with van der Waals surface area (Å²) in [5.74, 6) is 1.23. The fraction of sp³-hybridized carbons (Fsp3) is 0.316. The molecule has 0 bridgehead atoms. The van der Waals surface area contributed by atoms with E-state index in [4.69, 9.17) is 4.74 Å². The number of likely N-dealkylation sites (tertiary alicyclic amines) is 1. The van der Waals surface area contributed by atoms with E-state index in [0.29, 0.717) is 10.9 Å². The Hall–Kier alpha value is -2.32. The van der Waals surface area contributed by atoms with Crippen LogP contribution in [0.25, 0.3) is 5.69 Å². The highest BCUT2D eigenvalue weighted by atomic mass is 32.2. The average molecular weight is 401 g/mol. The zero-order chi connectivity index (χ0) is 18.6. The molecule has 140 valence electrons. The number of amides is 1. The Morgan fingerprint density at radius 1 is 1.33 bits per heavy atom. The molecule has 1 aliphatic heterocycles. The second kappa shape index (κ2) is 8.14. The summed E-state index contributed by atoms with van der Waals surface area (Å²) in [7, 11) is 1.64. The van der Waals surface area contributed by atoms with Gasteiger partial charge in [-0.3, -0.25) is 9.36 Å². The van der Waals surface area contributed by atoms with Crippen LogP contribution in [0.4, 0.5) is 0 Å². The number of methoxy groups -OCH3 is 1. The predicted molar refractivity (Wildman–Crippen MR) is 107 cm³/mol. The van der Waals surface area contributed by atoms with E-state index in [1.165, 1.54) is 16.6 Å². The second-order valence-electron chi connectivity index (χ2n) is 6.20. The molecule has 1 atom stereocenters. The summed E-state index contributed by atoms with van der Waals surface area (Å²) >= 11 is 3.13. The maximum absolute atomic E-state index is 12.8. The van der Waals surface area contributed by atoms with E-state index in [1.807, 2.05) is 39.8 Å². The highest BCUT2D eigenvalue weighted by Gasteiger charge is 2.30. The molecule has 2 aromatic heterocycles. The number of ether oxygens (including phenoxy) is 1. The third-order valence-electron chi connectivity index (χ3n) is 4.63. The molecule has 1 unspecified atom stereocenters. The normalized spacial score (nSPS) is 16.6. The van der Waals surface area contributed by atoms with Gasteiger partial charge in [-0.05, 0) is 36.4 Å². The Morgan fingerprint density at radius 3 is 3.04 bits per heavy atom. The highest BCUT2D eigenvalue weighted by Crippen LogP contribution is 2.35. The van der Waals surface area contributed by atoms with Crippen molar-refractivity contribution in [2.24, 2.45) is 0 Å². The Kier molecular flexibility index (Phi) is 5.45. The van der Waals surface area contributed by atoms with Gasteiger partial charge in [0.1, 0.15) is 12.1 Å². The zero-order valence-corrected chi connectivity index (χ0v) is 16.6. The molecular formula is C19H20N4O2S2. The molecule has 3 aromatic rings. The number of thioether (sulfide) groups is 1. The third kappa shape index (κ3) is 3.72. The van der Waals surface area contributed by atoms with Gasteiger partial charge in [0.05, 0.1) is 24.6 Å². The summed E-state index contributed by atoms with van der Waals surface area (Å²) in [6, 6.07) is 12.1. The molecule has 6 nitrogen and oxygen atoms in total. The number of aromatic nitrogens is 3. The van der Waals surface area contributed by atoms with Crippen LogP contribution in [-0.2, 0) is 4.79 Å². The first-order chi connectivity index (χ1) is 13.3. The number of nitrogens with zero attached hydrogens (tertiary/aromatic N) is 4. The van der Waals surface area contributed by atoms with Gasteiger partial charge in [0.25, 0.3) is 0 Å². The Bertz CT molecular complexity index is 910. The van der Waals surface area contributed by atoms with Crippen LogP contribution in [0.15, 0.2) is 53.3 Å². The van der Waals surface area contributed by atoms with Gasteiger partial charge in [-0.15, -0.1) is 21.5 Å². The molecule has 0 N–H and O–H groups in total. The largest absolute Gasteiger partial charge is 0.495 e. The first-order valence-electron chi connectivity index (χ1n) is 8.77. The standard InChI is InChI=1S/C19H20N4O2S2/c1-25-16-8-3-2-6-14(16)23-13-20-21-19(23)27-12-18(24)22-10-4-7-15(22)17-9-5-11-26-17/h2-3,5-6,8-9,11,13,15H,4,7,10,12H2,1H3. The molecule has 0 saturated carbocycles. The van der Waals surface area contributed by atoms with Gasteiger partial charge in [-0.2, -0.15) is 0 Å². The number of rotatable bonds is 6. The molecule has 27 heavy (non-hydrogen) atoms. The van der Waals surface area contributed by atoms with Crippen LogP contribution >= 0.6 is 23.1 Å². The molecule has 1 saturated heterocycles. The smallest absolute Gasteiger partial charge is 0.233 e. The molecule has 1 fully saturated rings. The monoisotopic (exact) mass is 400 g/mol. The fourth-order valence-corrected chi connectivity index (χ4v) is 5.05. The molecule has 8 heteroatoms. The van der Waals surface area contributed by atoms with Crippen LogP contribution in [0.5, 0.6) is 5.75 Å². The first kappa shape index (κ1) is 18.1. The minimum atomic E-state index is 0.144. The Morgan fingerprint density at radius 2 is 2.22 bits per heavy atom. The van der Waals surface area contributed by atoms with Gasteiger partial charge >= 0.3 is 0 Å². The lowest BCUT2D eigenvalue weighted by molar-refractivity contribution is -0.129. The molecular weight excluding hydrogens is 380 g/mol. The van der Waals surface area contributed by atoms with E-state index in [-0.39, 0.29) is 11.9 Å². The number of para-hydroxylation sites is 2. The molecule has 1 aliphatic rings. The predicted octanol–water partition coefficient (Wildman–Crippen LogP) is 3.79. The molecule has 4 rings (SSSR count). The summed E-state index contributed by atoms with van der Waals surface area (Å²) < 4.78 is 7.29. The topological polar surface area (TPSA) is 60.2 Å². The molecule has 3 heterocycles. The van der Waals surface area contributed by atoms with Crippen LogP contribution in [-0.4, -0.2) is 45.0 Å². The fourth-order valence-electron chi connectivity index (χ4n) is 3.37. The zero-order valence-electron chi connectivity index (χ0n) is 14.9. The lowest BCUT2D eigenvalue weighted by atomic mass is 10.2. The lowest BCUT2D eigenvalue weighted by Gasteiger charge is -2.23. The minimum absolute atomic E-state index is 0.144. The van der Waals surface area contributed by atoms with Crippen LogP contribution in [0.1, 0.15) is 23.8 Å². The summed E-state index contributed by atoms with van der Waals surface area (Å²) in [5.41, 5.74) is 0.859. The molecule has 0 radical (unpaired) electrons. The van der Waals surface area contributed by atoms with E-state index in [2.05, 4.69) is 21.6 Å². The van der Waals surface area contributed by atoms with Crippen molar-refractivity contribution in [2.45, 2.75) is 24.0 Å². The average Bonchev–Trinajstić information content (AvgIpc) is 3.46. The van der Waals surface area contributed by atoms with Gasteiger partial charge in [0.2, 0.25) is 5.91 Å². The maximum atomic E-state index is 12.8. The highest BCUT2D eigenvalue weighted by molar-refractivity contribution is 7.99. The molecule has 0 aliphatic carbocycles. The van der Waals surface area contributed by atoms with Crippen molar-refractivity contribution in [1.29, 1.82) is 0 Å².